The van der Waals surface area contributed by atoms with Crippen LogP contribution in [0, 0.1) is 5.41 Å². The van der Waals surface area contributed by atoms with E-state index in [9.17, 15) is 10.2 Å². The third-order valence-electron chi connectivity index (χ3n) is 3.25. The van der Waals surface area contributed by atoms with Crippen molar-refractivity contribution in [2.45, 2.75) is 50.7 Å². The van der Waals surface area contributed by atoms with Gasteiger partial charge in [-0.15, -0.1) is 0 Å². The highest BCUT2D eigenvalue weighted by Crippen LogP contribution is 2.51. The fourth-order valence-electron chi connectivity index (χ4n) is 2.73. The zero-order valence-corrected chi connectivity index (χ0v) is 6.79. The van der Waals surface area contributed by atoms with Crippen LogP contribution in [-0.2, 0) is 0 Å². The summed E-state index contributed by atoms with van der Waals surface area (Å²) in [5.74, 6) is 0. The molecule has 2 N–H and O–H groups in total. The summed E-state index contributed by atoms with van der Waals surface area (Å²) in [6.07, 6.45) is 5.99. The van der Waals surface area contributed by atoms with Crippen molar-refractivity contribution in [3.05, 3.63) is 0 Å². The number of hydrogen-bond donors (Lipinski definition) is 2. The Morgan fingerprint density at radius 1 is 1.00 bits per heavy atom. The lowest BCUT2D eigenvalue weighted by Crippen LogP contribution is -2.45. The average Bonchev–Trinajstić information content (AvgIpc) is 1.84. The van der Waals surface area contributed by atoms with Crippen LogP contribution in [0.2, 0.25) is 0 Å². The highest BCUT2D eigenvalue weighted by molar-refractivity contribution is 4.97. The molecule has 2 aliphatic rings. The summed E-state index contributed by atoms with van der Waals surface area (Å²) in [6.45, 7) is 0. The Kier molecular flexibility index (Phi) is 1.69. The van der Waals surface area contributed by atoms with Crippen LogP contribution in [0.15, 0.2) is 0 Å². The van der Waals surface area contributed by atoms with Gasteiger partial charge in [-0.3, -0.25) is 0 Å². The van der Waals surface area contributed by atoms with Gasteiger partial charge in [0.25, 0.3) is 0 Å². The van der Waals surface area contributed by atoms with Gasteiger partial charge in [0, 0.05) is 0 Å². The molecule has 11 heavy (non-hydrogen) atoms. The topological polar surface area (TPSA) is 40.5 Å². The number of aliphatic hydroxyl groups excluding tert-OH is 2. The number of aliphatic hydroxyl groups is 2. The van der Waals surface area contributed by atoms with E-state index in [0.29, 0.717) is 5.41 Å². The molecule has 0 heterocycles. The summed E-state index contributed by atoms with van der Waals surface area (Å²) >= 11 is 0. The van der Waals surface area contributed by atoms with Gasteiger partial charge in [-0.1, -0.05) is 6.42 Å². The number of hydrogen-bond acceptors (Lipinski definition) is 2. The Morgan fingerprint density at radius 2 is 1.64 bits per heavy atom. The molecule has 1 spiro atoms. The molecular weight excluding hydrogens is 140 g/mol. The lowest BCUT2D eigenvalue weighted by molar-refractivity contribution is -0.0829. The van der Waals surface area contributed by atoms with Crippen molar-refractivity contribution < 1.29 is 10.2 Å². The molecule has 2 rings (SSSR count). The summed E-state index contributed by atoms with van der Waals surface area (Å²) in [5, 5.41) is 18.6. The summed E-state index contributed by atoms with van der Waals surface area (Å²) in [4.78, 5) is 0. The van der Waals surface area contributed by atoms with E-state index in [-0.39, 0.29) is 12.2 Å². The van der Waals surface area contributed by atoms with E-state index in [1.165, 1.54) is 6.42 Å². The first kappa shape index (κ1) is 7.56. The molecule has 2 nitrogen and oxygen atoms in total. The van der Waals surface area contributed by atoms with Crippen LogP contribution in [0.25, 0.3) is 0 Å². The predicted molar refractivity (Wildman–Crippen MR) is 42.1 cm³/mol. The summed E-state index contributed by atoms with van der Waals surface area (Å²) < 4.78 is 0. The second-order valence-corrected chi connectivity index (χ2v) is 4.31. The lowest BCUT2D eigenvalue weighted by Gasteiger charge is -2.49. The standard InChI is InChI=1S/C9H16O2/c10-7-2-1-3-9(4-7)5-8(11)6-9/h7-8,10-11H,1-6H2. The van der Waals surface area contributed by atoms with Crippen LogP contribution in [-0.4, -0.2) is 22.4 Å². The maximum absolute atomic E-state index is 9.41. The molecule has 0 amide bonds. The summed E-state index contributed by atoms with van der Waals surface area (Å²) in [7, 11) is 0. The minimum Gasteiger partial charge on any atom is -0.393 e. The molecule has 0 aromatic heterocycles. The Hall–Kier alpha value is -0.0800. The average molecular weight is 156 g/mol. The van der Waals surface area contributed by atoms with E-state index in [1.807, 2.05) is 0 Å². The molecule has 2 heteroatoms. The minimum atomic E-state index is -0.0868. The summed E-state index contributed by atoms with van der Waals surface area (Å²) in [5.41, 5.74) is 0.344. The van der Waals surface area contributed by atoms with Crippen LogP contribution in [0.4, 0.5) is 0 Å². The van der Waals surface area contributed by atoms with Gasteiger partial charge >= 0.3 is 0 Å². The maximum atomic E-state index is 9.41. The molecule has 0 aromatic carbocycles. The van der Waals surface area contributed by atoms with Crippen molar-refractivity contribution >= 4 is 0 Å². The first-order valence-electron chi connectivity index (χ1n) is 4.56. The van der Waals surface area contributed by atoms with Crippen LogP contribution >= 0.6 is 0 Å². The van der Waals surface area contributed by atoms with Gasteiger partial charge < -0.3 is 10.2 Å². The molecule has 2 fully saturated rings. The van der Waals surface area contributed by atoms with Gasteiger partial charge in [-0.2, -0.15) is 0 Å². The van der Waals surface area contributed by atoms with Crippen molar-refractivity contribution in [3.63, 3.8) is 0 Å². The van der Waals surface area contributed by atoms with Gasteiger partial charge in [-0.05, 0) is 37.5 Å². The fourth-order valence-corrected chi connectivity index (χ4v) is 2.73. The van der Waals surface area contributed by atoms with Crippen molar-refractivity contribution in [3.8, 4) is 0 Å². The second kappa shape index (κ2) is 2.46. The molecule has 0 saturated heterocycles. The monoisotopic (exact) mass is 156 g/mol. The van der Waals surface area contributed by atoms with E-state index >= 15 is 0 Å². The van der Waals surface area contributed by atoms with Crippen LogP contribution in [0.5, 0.6) is 0 Å². The molecule has 1 unspecified atom stereocenters. The highest BCUT2D eigenvalue weighted by atomic mass is 16.3. The Balaban J connectivity index is 1.93. The largest absolute Gasteiger partial charge is 0.393 e. The molecule has 2 saturated carbocycles. The van der Waals surface area contributed by atoms with Crippen LogP contribution in [0.3, 0.4) is 0 Å². The van der Waals surface area contributed by atoms with Crippen LogP contribution < -0.4 is 0 Å². The zero-order chi connectivity index (χ0) is 7.90. The predicted octanol–water partition coefficient (Wildman–Crippen LogP) is 1.06. The Morgan fingerprint density at radius 3 is 2.18 bits per heavy atom. The first-order chi connectivity index (χ1) is 5.20. The van der Waals surface area contributed by atoms with Gasteiger partial charge in [0.1, 0.15) is 0 Å². The van der Waals surface area contributed by atoms with Gasteiger partial charge in [0.2, 0.25) is 0 Å². The molecule has 2 aliphatic carbocycles. The molecule has 0 radical (unpaired) electrons. The first-order valence-corrected chi connectivity index (χ1v) is 4.56. The smallest absolute Gasteiger partial charge is 0.0550 e. The molecule has 1 atom stereocenters. The Labute approximate surface area is 67.2 Å². The maximum Gasteiger partial charge on any atom is 0.0550 e. The lowest BCUT2D eigenvalue weighted by atomic mass is 9.59. The molecule has 0 aromatic rings. The third kappa shape index (κ3) is 1.30. The van der Waals surface area contributed by atoms with E-state index < -0.39 is 0 Å². The van der Waals surface area contributed by atoms with E-state index in [4.69, 9.17) is 0 Å². The van der Waals surface area contributed by atoms with Gasteiger partial charge in [0.05, 0.1) is 12.2 Å². The summed E-state index contributed by atoms with van der Waals surface area (Å²) in [6, 6.07) is 0. The van der Waals surface area contributed by atoms with Crippen molar-refractivity contribution in [1.29, 1.82) is 0 Å². The SMILES string of the molecule is OC1CCCC2(C1)CC(O)C2. The minimum absolute atomic E-state index is 0.0692. The van der Waals surface area contributed by atoms with Crippen LogP contribution in [0.1, 0.15) is 38.5 Å². The highest BCUT2D eigenvalue weighted by Gasteiger charge is 2.45. The van der Waals surface area contributed by atoms with Crippen molar-refractivity contribution in [1.82, 2.24) is 0 Å². The molecule has 0 aliphatic heterocycles. The number of rotatable bonds is 0. The van der Waals surface area contributed by atoms with Gasteiger partial charge in [0.15, 0.2) is 0 Å². The third-order valence-corrected chi connectivity index (χ3v) is 3.25. The Bertz CT molecular complexity index is 144. The van der Waals surface area contributed by atoms with Crippen molar-refractivity contribution in [2.24, 2.45) is 5.41 Å². The zero-order valence-electron chi connectivity index (χ0n) is 6.79. The van der Waals surface area contributed by atoms with E-state index in [1.54, 1.807) is 0 Å². The van der Waals surface area contributed by atoms with E-state index in [0.717, 1.165) is 32.1 Å². The van der Waals surface area contributed by atoms with Gasteiger partial charge in [-0.25, -0.2) is 0 Å². The fraction of sp³-hybridized carbons (Fsp3) is 1.00. The van der Waals surface area contributed by atoms with Crippen molar-refractivity contribution in [2.75, 3.05) is 0 Å². The molecule has 64 valence electrons. The normalized spacial score (nSPS) is 50.7. The second-order valence-electron chi connectivity index (χ2n) is 4.31. The quantitative estimate of drug-likeness (QED) is 0.550. The molecule has 0 bridgehead atoms. The molecular formula is C9H16O2. The van der Waals surface area contributed by atoms with E-state index in [2.05, 4.69) is 0 Å².